The van der Waals surface area contributed by atoms with E-state index in [2.05, 4.69) is 74.4 Å². The maximum atomic E-state index is 3.98. The average Bonchev–Trinajstić information content (AvgIpc) is 3.33. The first-order valence-electron chi connectivity index (χ1n) is 9.28. The normalized spacial score (nSPS) is 18.7. The Morgan fingerprint density at radius 2 is 0.960 bits per heavy atom. The molecule has 0 bridgehead atoms. The van der Waals surface area contributed by atoms with Crippen LogP contribution in [0.2, 0.25) is 0 Å². The fraction of sp³-hybridized carbons (Fsp3) is 0.250. The molecule has 0 aromatic carbocycles. The van der Waals surface area contributed by atoms with Gasteiger partial charge in [0.2, 0.25) is 0 Å². The summed E-state index contributed by atoms with van der Waals surface area (Å²) in [5, 5.41) is 0. The van der Waals surface area contributed by atoms with Crippen molar-refractivity contribution in [2.75, 3.05) is 0 Å². The van der Waals surface area contributed by atoms with Gasteiger partial charge in [-0.2, -0.15) is 0 Å². The van der Waals surface area contributed by atoms with Gasteiger partial charge >= 0.3 is 166 Å². The van der Waals surface area contributed by atoms with E-state index in [4.69, 9.17) is 0 Å². The zero-order valence-corrected chi connectivity index (χ0v) is 18.8. The number of hydrogen-bond donors (Lipinski definition) is 0. The summed E-state index contributed by atoms with van der Waals surface area (Å²) in [6, 6.07) is 0. The maximum absolute atomic E-state index is 3.98. The van der Waals surface area contributed by atoms with Crippen LogP contribution < -0.4 is 0 Å². The van der Waals surface area contributed by atoms with Gasteiger partial charge in [0, 0.05) is 0 Å². The molecule has 0 heterocycles. The van der Waals surface area contributed by atoms with Gasteiger partial charge in [0.15, 0.2) is 0 Å². The molecule has 0 atom stereocenters. The second-order valence-electron chi connectivity index (χ2n) is 6.88. The Balaban J connectivity index is 2.10. The summed E-state index contributed by atoms with van der Waals surface area (Å²) in [7, 11) is 0. The Morgan fingerprint density at radius 3 is 1.24 bits per heavy atom. The molecule has 25 heavy (non-hydrogen) atoms. The summed E-state index contributed by atoms with van der Waals surface area (Å²) in [5.41, 5.74) is 4.66. The molecule has 0 aromatic heterocycles. The van der Waals surface area contributed by atoms with E-state index in [1.807, 2.05) is 0 Å². The van der Waals surface area contributed by atoms with Crippen LogP contribution in [0, 0.1) is 30.0 Å². The van der Waals surface area contributed by atoms with E-state index >= 15 is 0 Å². The third-order valence-electron chi connectivity index (χ3n) is 5.35. The molecule has 0 aliphatic heterocycles. The van der Waals surface area contributed by atoms with E-state index in [0.717, 1.165) is 38.5 Å². The Bertz CT molecular complexity index is 657. The molecule has 0 fully saturated rings. The van der Waals surface area contributed by atoms with Crippen molar-refractivity contribution in [1.29, 1.82) is 0 Å². The molecular weight excluding hydrogens is 427 g/mol. The summed E-state index contributed by atoms with van der Waals surface area (Å²) in [6.45, 7) is 11.9. The minimum absolute atomic E-state index is 1.01. The third kappa shape index (κ3) is 4.00. The fourth-order valence-electron chi connectivity index (χ4n) is 4.30. The van der Waals surface area contributed by atoms with Crippen LogP contribution in [0.15, 0.2) is 97.1 Å². The van der Waals surface area contributed by atoms with Gasteiger partial charge in [-0.1, -0.05) is 0 Å². The third-order valence-corrected chi connectivity index (χ3v) is 17.6. The topological polar surface area (TPSA) is 0 Å². The minimum atomic E-state index is -2.41. The van der Waals surface area contributed by atoms with Crippen molar-refractivity contribution in [3.05, 3.63) is 97.1 Å². The van der Waals surface area contributed by atoms with Crippen LogP contribution in [0.3, 0.4) is 0 Å². The summed E-state index contributed by atoms with van der Waals surface area (Å²) < 4.78 is 5.38. The first kappa shape index (κ1) is 18.6. The molecule has 3 rings (SSSR count). The SMILES string of the molecule is C=CCC1=[C]([La]([C]2=C(CC=C)C=CC2)[C]2=C(CC=C)C=CC2)CC=C1. The number of rotatable bonds is 9. The van der Waals surface area contributed by atoms with Gasteiger partial charge in [-0.25, -0.2) is 0 Å². The van der Waals surface area contributed by atoms with Crippen LogP contribution in [0.4, 0.5) is 0 Å². The van der Waals surface area contributed by atoms with Crippen LogP contribution in [-0.4, -0.2) is 0 Å². The quantitative estimate of drug-likeness (QED) is 0.330. The molecule has 0 N–H and O–H groups in total. The van der Waals surface area contributed by atoms with Gasteiger partial charge in [-0.05, 0) is 0 Å². The van der Waals surface area contributed by atoms with E-state index in [9.17, 15) is 0 Å². The molecular formula is C24H27La. The first-order chi connectivity index (χ1) is 12.3. The Hall–Kier alpha value is -1.15. The molecule has 0 unspecified atom stereocenters. The van der Waals surface area contributed by atoms with Crippen LogP contribution in [0.5, 0.6) is 0 Å². The summed E-state index contributed by atoms with van der Waals surface area (Å²) in [6.07, 6.45) is 26.9. The molecule has 0 spiro atoms. The number of hydrogen-bond acceptors (Lipinski definition) is 0. The summed E-state index contributed by atoms with van der Waals surface area (Å²) in [5.74, 6) is 0. The van der Waals surface area contributed by atoms with Gasteiger partial charge in [-0.15, -0.1) is 0 Å². The van der Waals surface area contributed by atoms with E-state index in [0.29, 0.717) is 0 Å². The molecule has 0 aromatic rings. The fourth-order valence-corrected chi connectivity index (χ4v) is 17.3. The van der Waals surface area contributed by atoms with Crippen molar-refractivity contribution in [2.45, 2.75) is 38.5 Å². The van der Waals surface area contributed by atoms with Crippen molar-refractivity contribution >= 4 is 0 Å². The molecule has 0 saturated carbocycles. The zero-order chi connectivity index (χ0) is 17.6. The molecule has 3 aliphatic rings. The molecule has 0 radical (unpaired) electrons. The van der Waals surface area contributed by atoms with E-state index in [1.54, 1.807) is 22.6 Å². The van der Waals surface area contributed by atoms with E-state index in [-0.39, 0.29) is 0 Å². The summed E-state index contributed by atoms with van der Waals surface area (Å²) in [4.78, 5) is 0. The Labute approximate surface area is 164 Å². The number of allylic oxidation sites excluding steroid dienone is 15. The van der Waals surface area contributed by atoms with Crippen molar-refractivity contribution in [3.8, 4) is 0 Å². The van der Waals surface area contributed by atoms with E-state index in [1.165, 1.54) is 0 Å². The van der Waals surface area contributed by atoms with Gasteiger partial charge in [-0.3, -0.25) is 0 Å². The predicted molar refractivity (Wildman–Crippen MR) is 107 cm³/mol. The Morgan fingerprint density at radius 1 is 0.640 bits per heavy atom. The van der Waals surface area contributed by atoms with Crippen LogP contribution in [0.1, 0.15) is 38.5 Å². The standard InChI is InChI=1S/3C8H9.La/c3*1-2-5-8-6-3-4-7-8;/h3*2-3,6H,1,4-5H2;. The van der Waals surface area contributed by atoms with Crippen LogP contribution in [-0.2, 0) is 0 Å². The van der Waals surface area contributed by atoms with Gasteiger partial charge < -0.3 is 0 Å². The first-order valence-corrected chi connectivity index (χ1v) is 14.7. The van der Waals surface area contributed by atoms with Crippen molar-refractivity contribution < 1.29 is 30.0 Å². The van der Waals surface area contributed by atoms with Gasteiger partial charge in [0.25, 0.3) is 0 Å². The van der Waals surface area contributed by atoms with Crippen molar-refractivity contribution in [3.63, 3.8) is 0 Å². The van der Waals surface area contributed by atoms with Crippen LogP contribution in [0.25, 0.3) is 0 Å². The van der Waals surface area contributed by atoms with Crippen molar-refractivity contribution in [1.82, 2.24) is 0 Å². The second kappa shape index (κ2) is 8.99. The molecule has 3 aliphatic carbocycles. The molecule has 0 amide bonds. The predicted octanol–water partition coefficient (Wildman–Crippen LogP) is 6.98. The molecule has 0 nitrogen and oxygen atoms in total. The van der Waals surface area contributed by atoms with Gasteiger partial charge in [0.1, 0.15) is 0 Å². The molecule has 126 valence electrons. The molecule has 0 saturated heterocycles. The molecule has 1 heteroatoms. The summed E-state index contributed by atoms with van der Waals surface area (Å²) >= 11 is -2.41. The average molecular weight is 454 g/mol. The monoisotopic (exact) mass is 454 g/mol. The Kier molecular flexibility index (Phi) is 6.70. The van der Waals surface area contributed by atoms with E-state index < -0.39 is 30.0 Å². The second-order valence-corrected chi connectivity index (χ2v) is 16.2. The zero-order valence-electron chi connectivity index (χ0n) is 15.1. The van der Waals surface area contributed by atoms with Gasteiger partial charge in [0.05, 0.1) is 0 Å². The van der Waals surface area contributed by atoms with Crippen LogP contribution >= 0.6 is 0 Å². The van der Waals surface area contributed by atoms with Crippen molar-refractivity contribution in [2.24, 2.45) is 0 Å².